The third kappa shape index (κ3) is 5.93. The zero-order valence-electron chi connectivity index (χ0n) is 12.4. The fraction of sp³-hybridized carbons (Fsp3) is 0.167. The van der Waals surface area contributed by atoms with Crippen molar-refractivity contribution in [2.75, 3.05) is 6.54 Å². The molecule has 0 aliphatic rings. The van der Waals surface area contributed by atoms with Gasteiger partial charge < -0.3 is 15.2 Å². The summed E-state index contributed by atoms with van der Waals surface area (Å²) >= 11 is 5.94. The molecule has 2 N–H and O–H groups in total. The smallest absolute Gasteiger partial charge is 0.407 e. The van der Waals surface area contributed by atoms with Crippen LogP contribution in [0.1, 0.15) is 17.5 Å². The predicted octanol–water partition coefficient (Wildman–Crippen LogP) is 3.71. The lowest BCUT2D eigenvalue weighted by atomic mass is 10.2. The maximum atomic E-state index is 11.5. The van der Waals surface area contributed by atoms with Crippen LogP contribution >= 0.6 is 11.6 Å². The van der Waals surface area contributed by atoms with Crippen molar-refractivity contribution in [1.82, 2.24) is 5.32 Å². The van der Waals surface area contributed by atoms with Gasteiger partial charge in [-0.05, 0) is 23.8 Å². The Morgan fingerprint density at radius 1 is 1.22 bits per heavy atom. The van der Waals surface area contributed by atoms with Gasteiger partial charge in [0, 0.05) is 18.5 Å². The van der Waals surface area contributed by atoms with Crippen molar-refractivity contribution < 1.29 is 14.6 Å². The molecule has 4 nitrogen and oxygen atoms in total. The molecule has 2 aromatic rings. The summed E-state index contributed by atoms with van der Waals surface area (Å²) in [6.45, 7) is 0.623. The first-order valence-electron chi connectivity index (χ1n) is 7.07. The Kier molecular flexibility index (Phi) is 6.34. The standard InChI is InChI=1S/C18H16ClNO3/c19-17-12-16(21)10-9-15(17)8-4-5-11-20-18(22)23-13-14-6-2-1-3-7-14/h1-3,6-7,9-10,12,21H,5,11,13H2,(H,20,22). The second kappa shape index (κ2) is 8.72. The van der Waals surface area contributed by atoms with Crippen molar-refractivity contribution >= 4 is 17.7 Å². The number of phenols is 1. The van der Waals surface area contributed by atoms with Gasteiger partial charge in [-0.15, -0.1) is 0 Å². The van der Waals surface area contributed by atoms with Gasteiger partial charge in [-0.1, -0.05) is 53.8 Å². The molecule has 0 bridgehead atoms. The number of hydrogen-bond acceptors (Lipinski definition) is 3. The molecule has 0 atom stereocenters. The van der Waals surface area contributed by atoms with E-state index in [-0.39, 0.29) is 12.4 Å². The lowest BCUT2D eigenvalue weighted by Gasteiger charge is -2.05. The van der Waals surface area contributed by atoms with E-state index in [1.54, 1.807) is 6.07 Å². The number of amides is 1. The summed E-state index contributed by atoms with van der Waals surface area (Å²) in [6, 6.07) is 14.1. The average molecular weight is 330 g/mol. The molecule has 0 fully saturated rings. The Labute approximate surface area is 140 Å². The number of phenolic OH excluding ortho intramolecular Hbond substituents is 1. The Morgan fingerprint density at radius 3 is 2.74 bits per heavy atom. The highest BCUT2D eigenvalue weighted by atomic mass is 35.5. The van der Waals surface area contributed by atoms with Crippen molar-refractivity contribution in [1.29, 1.82) is 0 Å². The number of carbonyl (C=O) groups is 1. The van der Waals surface area contributed by atoms with Gasteiger partial charge >= 0.3 is 6.09 Å². The third-order valence-corrected chi connectivity index (χ3v) is 3.22. The number of nitrogens with one attached hydrogen (secondary N) is 1. The van der Waals surface area contributed by atoms with E-state index in [1.165, 1.54) is 12.1 Å². The summed E-state index contributed by atoms with van der Waals surface area (Å²) in [5.74, 6) is 5.89. The van der Waals surface area contributed by atoms with Crippen LogP contribution in [-0.4, -0.2) is 17.7 Å². The van der Waals surface area contributed by atoms with Crippen LogP contribution < -0.4 is 5.32 Å². The first kappa shape index (κ1) is 16.7. The van der Waals surface area contributed by atoms with Crippen molar-refractivity contribution in [3.8, 4) is 17.6 Å². The summed E-state index contributed by atoms with van der Waals surface area (Å²) in [4.78, 5) is 11.5. The van der Waals surface area contributed by atoms with E-state index >= 15 is 0 Å². The molecule has 0 heterocycles. The molecule has 1 amide bonds. The van der Waals surface area contributed by atoms with Gasteiger partial charge in [-0.3, -0.25) is 0 Å². The zero-order valence-corrected chi connectivity index (χ0v) is 13.1. The minimum Gasteiger partial charge on any atom is -0.508 e. The molecule has 23 heavy (non-hydrogen) atoms. The molecule has 0 aliphatic carbocycles. The van der Waals surface area contributed by atoms with Crippen LogP contribution in [0.3, 0.4) is 0 Å². The van der Waals surface area contributed by atoms with Gasteiger partial charge in [0.2, 0.25) is 0 Å². The lowest BCUT2D eigenvalue weighted by molar-refractivity contribution is 0.140. The van der Waals surface area contributed by atoms with Crippen LogP contribution in [-0.2, 0) is 11.3 Å². The average Bonchev–Trinajstić information content (AvgIpc) is 2.55. The number of hydrogen-bond donors (Lipinski definition) is 2. The fourth-order valence-electron chi connectivity index (χ4n) is 1.76. The number of rotatable bonds is 4. The second-order valence-electron chi connectivity index (χ2n) is 4.70. The van der Waals surface area contributed by atoms with E-state index in [0.29, 0.717) is 23.6 Å². The molecule has 0 aromatic heterocycles. The Morgan fingerprint density at radius 2 is 2.00 bits per heavy atom. The van der Waals surface area contributed by atoms with Crippen molar-refractivity contribution in [2.24, 2.45) is 0 Å². The van der Waals surface area contributed by atoms with E-state index in [1.807, 2.05) is 30.3 Å². The van der Waals surface area contributed by atoms with Crippen molar-refractivity contribution in [2.45, 2.75) is 13.0 Å². The molecular weight excluding hydrogens is 314 g/mol. The van der Waals surface area contributed by atoms with Crippen LogP contribution in [0.2, 0.25) is 5.02 Å². The number of benzene rings is 2. The van der Waals surface area contributed by atoms with Gasteiger partial charge in [-0.25, -0.2) is 4.79 Å². The molecule has 0 aliphatic heterocycles. The highest BCUT2D eigenvalue weighted by Crippen LogP contribution is 2.20. The van der Waals surface area contributed by atoms with Gasteiger partial charge in [0.25, 0.3) is 0 Å². The van der Waals surface area contributed by atoms with Crippen LogP contribution in [0.4, 0.5) is 4.79 Å². The first-order valence-corrected chi connectivity index (χ1v) is 7.45. The monoisotopic (exact) mass is 329 g/mol. The topological polar surface area (TPSA) is 58.6 Å². The maximum Gasteiger partial charge on any atom is 0.407 e. The Hall–Kier alpha value is -2.64. The quantitative estimate of drug-likeness (QED) is 0.664. The highest BCUT2D eigenvalue weighted by molar-refractivity contribution is 6.31. The molecule has 2 rings (SSSR count). The van der Waals surface area contributed by atoms with Gasteiger partial charge in [0.05, 0.1) is 5.02 Å². The molecule has 118 valence electrons. The molecular formula is C18H16ClNO3. The SMILES string of the molecule is O=C(NCCC#Cc1ccc(O)cc1Cl)OCc1ccccc1. The van der Waals surface area contributed by atoms with E-state index in [4.69, 9.17) is 16.3 Å². The summed E-state index contributed by atoms with van der Waals surface area (Å²) in [5, 5.41) is 12.3. The summed E-state index contributed by atoms with van der Waals surface area (Å²) in [6.07, 6.45) is -0.00390. The van der Waals surface area contributed by atoms with Gasteiger partial charge in [0.1, 0.15) is 12.4 Å². The number of alkyl carbamates (subject to hydrolysis) is 1. The Balaban J connectivity index is 1.69. The van der Waals surface area contributed by atoms with Crippen LogP contribution in [0.25, 0.3) is 0 Å². The molecule has 0 saturated carbocycles. The molecule has 5 heteroatoms. The molecule has 0 spiro atoms. The fourth-order valence-corrected chi connectivity index (χ4v) is 1.99. The van der Waals surface area contributed by atoms with Crippen LogP contribution in [0.5, 0.6) is 5.75 Å². The summed E-state index contributed by atoms with van der Waals surface area (Å²) in [5.41, 5.74) is 1.57. The van der Waals surface area contributed by atoms with E-state index < -0.39 is 6.09 Å². The Bertz CT molecular complexity index is 720. The minimum atomic E-state index is -0.474. The van der Waals surface area contributed by atoms with E-state index in [9.17, 15) is 9.90 Å². The van der Waals surface area contributed by atoms with Gasteiger partial charge in [0.15, 0.2) is 0 Å². The van der Waals surface area contributed by atoms with Crippen molar-refractivity contribution in [3.05, 3.63) is 64.7 Å². The van der Waals surface area contributed by atoms with Crippen molar-refractivity contribution in [3.63, 3.8) is 0 Å². The number of carbonyl (C=O) groups excluding carboxylic acids is 1. The van der Waals surface area contributed by atoms with Crippen LogP contribution in [0.15, 0.2) is 48.5 Å². The van der Waals surface area contributed by atoms with E-state index in [2.05, 4.69) is 17.2 Å². The highest BCUT2D eigenvalue weighted by Gasteiger charge is 2.01. The lowest BCUT2D eigenvalue weighted by Crippen LogP contribution is -2.24. The maximum absolute atomic E-state index is 11.5. The largest absolute Gasteiger partial charge is 0.508 e. The first-order chi connectivity index (χ1) is 11.1. The number of ether oxygens (including phenoxy) is 1. The third-order valence-electron chi connectivity index (χ3n) is 2.91. The normalized spacial score (nSPS) is 9.61. The summed E-state index contributed by atoms with van der Waals surface area (Å²) < 4.78 is 5.08. The van der Waals surface area contributed by atoms with E-state index in [0.717, 1.165) is 5.56 Å². The zero-order chi connectivity index (χ0) is 16.5. The molecule has 2 aromatic carbocycles. The molecule has 0 unspecified atom stereocenters. The second-order valence-corrected chi connectivity index (χ2v) is 5.11. The molecule has 0 saturated heterocycles. The molecule has 0 radical (unpaired) electrons. The number of halogens is 1. The van der Waals surface area contributed by atoms with Crippen LogP contribution in [0, 0.1) is 11.8 Å². The minimum absolute atomic E-state index is 0.100. The number of aromatic hydroxyl groups is 1. The summed E-state index contributed by atoms with van der Waals surface area (Å²) in [7, 11) is 0. The van der Waals surface area contributed by atoms with Gasteiger partial charge in [-0.2, -0.15) is 0 Å². The predicted molar refractivity (Wildman–Crippen MR) is 89.2 cm³/mol.